The quantitative estimate of drug-likeness (QED) is 0.341. The Kier molecular flexibility index (Phi) is 6.26. The summed E-state index contributed by atoms with van der Waals surface area (Å²) in [6.45, 7) is 0.451. The van der Waals surface area contributed by atoms with Gasteiger partial charge in [0.05, 0.1) is 0 Å². The van der Waals surface area contributed by atoms with Crippen molar-refractivity contribution in [2.24, 2.45) is 0 Å². The lowest BCUT2D eigenvalue weighted by molar-refractivity contribution is -0.142. The van der Waals surface area contributed by atoms with Crippen molar-refractivity contribution in [2.45, 2.75) is 52.3 Å². The standard InChI is InChI=1S/C12H22O2/c1-3-5-7-9-11-14-12(13)10-8-6-4-2/h7,9H,3-6,8,10-11H2,1-2H3/b9-7+/i1D3. The first kappa shape index (κ1) is 8.51. The molecule has 0 saturated heterocycles. The number of carbonyl (C=O) groups is 1. The molecule has 2 heteroatoms. The molecule has 0 aromatic heterocycles. The topological polar surface area (TPSA) is 26.3 Å². The van der Waals surface area contributed by atoms with Crippen molar-refractivity contribution in [1.29, 1.82) is 0 Å². The summed E-state index contributed by atoms with van der Waals surface area (Å²) in [5.74, 6) is -0.182. The average Bonchev–Trinajstić information content (AvgIpc) is 2.22. The molecular weight excluding hydrogens is 176 g/mol. The number of allylic oxidation sites excluding steroid dienone is 1. The summed E-state index contributed by atoms with van der Waals surface area (Å²) in [4.78, 5) is 11.2. The first-order valence-corrected chi connectivity index (χ1v) is 5.26. The second-order valence-electron chi connectivity index (χ2n) is 3.15. The van der Waals surface area contributed by atoms with E-state index in [1.807, 2.05) is 0 Å². The third-order valence-corrected chi connectivity index (χ3v) is 1.80. The van der Waals surface area contributed by atoms with Crippen molar-refractivity contribution in [2.75, 3.05) is 6.61 Å². The van der Waals surface area contributed by atoms with Crippen LogP contribution in [0.15, 0.2) is 12.2 Å². The zero-order valence-electron chi connectivity index (χ0n) is 11.9. The molecule has 0 heterocycles. The summed E-state index contributed by atoms with van der Waals surface area (Å²) in [5, 5.41) is 0. The Bertz CT molecular complexity index is 234. The molecule has 0 rings (SSSR count). The van der Waals surface area contributed by atoms with Gasteiger partial charge in [0.15, 0.2) is 0 Å². The molecule has 0 aliphatic rings. The van der Waals surface area contributed by atoms with Crippen LogP contribution in [0.2, 0.25) is 0 Å². The second kappa shape index (κ2) is 10.3. The predicted octanol–water partition coefficient (Wildman–Crippen LogP) is 3.47. The first-order valence-electron chi connectivity index (χ1n) is 6.76. The molecule has 0 aromatic rings. The summed E-state index contributed by atoms with van der Waals surface area (Å²) < 4.78 is 25.9. The van der Waals surface area contributed by atoms with Crippen molar-refractivity contribution >= 4 is 5.97 Å². The van der Waals surface area contributed by atoms with Gasteiger partial charge in [0.2, 0.25) is 0 Å². The number of hydrogen-bond donors (Lipinski definition) is 0. The van der Waals surface area contributed by atoms with E-state index in [2.05, 4.69) is 6.92 Å². The maximum Gasteiger partial charge on any atom is 0.306 e. The van der Waals surface area contributed by atoms with E-state index in [9.17, 15) is 4.79 Å². The Balaban J connectivity index is 3.43. The SMILES string of the molecule is [2H]C([2H])([2H])CC/C=C/COC(=O)CCCCC. The van der Waals surface area contributed by atoms with E-state index in [0.717, 1.165) is 19.3 Å². The van der Waals surface area contributed by atoms with Crippen LogP contribution in [0, 0.1) is 0 Å². The van der Waals surface area contributed by atoms with Crippen LogP contribution in [-0.2, 0) is 9.53 Å². The molecule has 0 aromatic carbocycles. The highest BCUT2D eigenvalue weighted by Gasteiger charge is 1.99. The molecule has 0 spiro atoms. The van der Waals surface area contributed by atoms with Crippen LogP contribution in [0.5, 0.6) is 0 Å². The minimum atomic E-state index is -1.87. The van der Waals surface area contributed by atoms with Gasteiger partial charge in [-0.3, -0.25) is 4.79 Å². The van der Waals surface area contributed by atoms with Crippen LogP contribution < -0.4 is 0 Å². The Hall–Kier alpha value is -0.790. The molecule has 14 heavy (non-hydrogen) atoms. The monoisotopic (exact) mass is 201 g/mol. The minimum Gasteiger partial charge on any atom is -0.461 e. The van der Waals surface area contributed by atoms with Crippen molar-refractivity contribution < 1.29 is 13.6 Å². The molecule has 0 N–H and O–H groups in total. The average molecular weight is 201 g/mol. The molecule has 0 bridgehead atoms. The van der Waals surface area contributed by atoms with E-state index in [-0.39, 0.29) is 19.0 Å². The first-order chi connectivity index (χ1) is 7.95. The van der Waals surface area contributed by atoms with Gasteiger partial charge >= 0.3 is 5.97 Å². The third kappa shape index (κ3) is 9.30. The van der Waals surface area contributed by atoms with Gasteiger partial charge in [0, 0.05) is 10.5 Å². The Morgan fingerprint density at radius 3 is 2.93 bits per heavy atom. The van der Waals surface area contributed by atoms with Gasteiger partial charge in [-0.15, -0.1) is 0 Å². The Labute approximate surface area is 91.6 Å². The lowest BCUT2D eigenvalue weighted by Gasteiger charge is -2.00. The summed E-state index contributed by atoms with van der Waals surface area (Å²) in [6.07, 6.45) is 7.56. The molecule has 2 nitrogen and oxygen atoms in total. The highest BCUT2D eigenvalue weighted by Crippen LogP contribution is 2.00. The number of esters is 1. The fraction of sp³-hybridized carbons (Fsp3) is 0.750. The number of carbonyl (C=O) groups excluding carboxylic acids is 1. The second-order valence-corrected chi connectivity index (χ2v) is 3.15. The Morgan fingerprint density at radius 1 is 1.36 bits per heavy atom. The number of unbranched alkanes of at least 4 members (excludes halogenated alkanes) is 2. The van der Waals surface area contributed by atoms with Gasteiger partial charge in [-0.05, 0) is 12.8 Å². The van der Waals surface area contributed by atoms with E-state index in [0.29, 0.717) is 12.8 Å². The van der Waals surface area contributed by atoms with Gasteiger partial charge in [-0.25, -0.2) is 0 Å². The summed E-state index contributed by atoms with van der Waals surface area (Å²) in [7, 11) is 0. The summed E-state index contributed by atoms with van der Waals surface area (Å²) in [5.41, 5.74) is 0. The number of hydrogen-bond acceptors (Lipinski definition) is 2. The maximum absolute atomic E-state index is 11.2. The molecule has 0 fully saturated rings. The molecule has 82 valence electrons. The van der Waals surface area contributed by atoms with E-state index in [1.54, 1.807) is 12.2 Å². The van der Waals surface area contributed by atoms with Crippen LogP contribution >= 0.6 is 0 Å². The number of rotatable bonds is 8. The molecule has 0 aliphatic carbocycles. The van der Waals surface area contributed by atoms with E-state index < -0.39 is 6.85 Å². The van der Waals surface area contributed by atoms with E-state index in [1.165, 1.54) is 0 Å². The highest BCUT2D eigenvalue weighted by molar-refractivity contribution is 5.69. The Morgan fingerprint density at radius 2 is 2.21 bits per heavy atom. The van der Waals surface area contributed by atoms with Crippen LogP contribution in [-0.4, -0.2) is 12.6 Å². The molecule has 0 aliphatic heterocycles. The molecular formula is C12H22O2. The largest absolute Gasteiger partial charge is 0.461 e. The van der Waals surface area contributed by atoms with Crippen LogP contribution in [0.3, 0.4) is 0 Å². The van der Waals surface area contributed by atoms with Gasteiger partial charge < -0.3 is 4.74 Å². The maximum atomic E-state index is 11.2. The van der Waals surface area contributed by atoms with Gasteiger partial charge in [0.25, 0.3) is 0 Å². The lowest BCUT2D eigenvalue weighted by Crippen LogP contribution is -2.03. The highest BCUT2D eigenvalue weighted by atomic mass is 16.5. The predicted molar refractivity (Wildman–Crippen MR) is 59.1 cm³/mol. The summed E-state index contributed by atoms with van der Waals surface area (Å²) in [6, 6.07) is 0. The fourth-order valence-corrected chi connectivity index (χ4v) is 1.00. The van der Waals surface area contributed by atoms with Crippen molar-refractivity contribution in [3.63, 3.8) is 0 Å². The third-order valence-electron chi connectivity index (χ3n) is 1.80. The zero-order valence-corrected chi connectivity index (χ0v) is 8.92. The van der Waals surface area contributed by atoms with Gasteiger partial charge in [-0.1, -0.05) is 45.2 Å². The van der Waals surface area contributed by atoms with Crippen LogP contribution in [0.25, 0.3) is 0 Å². The normalized spacial score (nSPS) is 14.8. The molecule has 0 amide bonds. The fourth-order valence-electron chi connectivity index (χ4n) is 1.00. The molecule has 0 radical (unpaired) electrons. The molecule has 0 saturated carbocycles. The lowest BCUT2D eigenvalue weighted by atomic mass is 10.2. The van der Waals surface area contributed by atoms with Gasteiger partial charge in [0.1, 0.15) is 6.61 Å². The zero-order chi connectivity index (χ0) is 13.1. The van der Waals surface area contributed by atoms with E-state index >= 15 is 0 Å². The van der Waals surface area contributed by atoms with Crippen LogP contribution in [0.4, 0.5) is 0 Å². The smallest absolute Gasteiger partial charge is 0.306 e. The summed E-state index contributed by atoms with van der Waals surface area (Å²) >= 11 is 0. The van der Waals surface area contributed by atoms with E-state index in [4.69, 9.17) is 8.85 Å². The van der Waals surface area contributed by atoms with Gasteiger partial charge in [-0.2, -0.15) is 0 Å². The van der Waals surface area contributed by atoms with Crippen molar-refractivity contribution in [1.82, 2.24) is 0 Å². The van der Waals surface area contributed by atoms with Crippen molar-refractivity contribution in [3.8, 4) is 0 Å². The van der Waals surface area contributed by atoms with Crippen molar-refractivity contribution in [3.05, 3.63) is 12.2 Å². The van der Waals surface area contributed by atoms with Crippen LogP contribution in [0.1, 0.15) is 56.4 Å². The number of ether oxygens (including phenoxy) is 1. The molecule has 0 unspecified atom stereocenters. The minimum absolute atomic E-state index is 0.161. The molecule has 0 atom stereocenters.